The summed E-state index contributed by atoms with van der Waals surface area (Å²) in [5, 5.41) is 11.5. The van der Waals surface area contributed by atoms with E-state index in [0.717, 1.165) is 13.0 Å². The Bertz CT molecular complexity index is 420. The average molecular weight is 253 g/mol. The van der Waals surface area contributed by atoms with Crippen LogP contribution in [0.5, 0.6) is 6.01 Å². The van der Waals surface area contributed by atoms with Gasteiger partial charge in [0.25, 0.3) is 0 Å². The quantitative estimate of drug-likeness (QED) is 0.247. The van der Waals surface area contributed by atoms with Gasteiger partial charge in [0, 0.05) is 12.2 Å². The van der Waals surface area contributed by atoms with Gasteiger partial charge in [0.2, 0.25) is 0 Å². The van der Waals surface area contributed by atoms with Crippen molar-refractivity contribution in [2.24, 2.45) is 10.9 Å². The number of hydrogen-bond acceptors (Lipinski definition) is 6. The number of hydrogen-bond donors (Lipinski definition) is 2. The summed E-state index contributed by atoms with van der Waals surface area (Å²) >= 11 is 0. The molecule has 0 saturated heterocycles. The summed E-state index contributed by atoms with van der Waals surface area (Å²) in [5.74, 6) is -0.0568. The van der Waals surface area contributed by atoms with E-state index in [0.29, 0.717) is 18.0 Å². The minimum atomic E-state index is -0.0568. The second-order valence-corrected chi connectivity index (χ2v) is 4.17. The molecule has 0 aliphatic heterocycles. The third kappa shape index (κ3) is 4.54. The van der Waals surface area contributed by atoms with Crippen molar-refractivity contribution in [3.63, 3.8) is 0 Å². The highest BCUT2D eigenvalue weighted by atomic mass is 16.5. The van der Waals surface area contributed by atoms with E-state index in [-0.39, 0.29) is 11.8 Å². The van der Waals surface area contributed by atoms with Crippen LogP contribution in [-0.2, 0) is 0 Å². The maximum absolute atomic E-state index is 8.60. The second-order valence-electron chi connectivity index (χ2n) is 4.17. The smallest absolute Gasteiger partial charge is 0.317 e. The molecule has 0 aliphatic rings. The monoisotopic (exact) mass is 253 g/mol. The molecule has 0 saturated carbocycles. The molecule has 0 fully saturated rings. The molecule has 7 heteroatoms. The molecule has 0 unspecified atom stereocenters. The fourth-order valence-electron chi connectivity index (χ4n) is 1.33. The number of nitrogens with two attached hydrogens (primary N) is 1. The number of rotatable bonds is 6. The molecule has 0 bridgehead atoms. The van der Waals surface area contributed by atoms with Crippen molar-refractivity contribution in [2.75, 3.05) is 27.2 Å². The Morgan fingerprint density at radius 3 is 2.83 bits per heavy atom. The molecule has 1 aromatic rings. The van der Waals surface area contributed by atoms with Gasteiger partial charge >= 0.3 is 6.01 Å². The van der Waals surface area contributed by atoms with Crippen LogP contribution >= 0.6 is 0 Å². The normalized spacial score (nSPS) is 11.9. The Kier molecular flexibility index (Phi) is 5.31. The predicted octanol–water partition coefficient (Wildman–Crippen LogP) is 0.210. The van der Waals surface area contributed by atoms with Gasteiger partial charge in [-0.05, 0) is 33.5 Å². The van der Waals surface area contributed by atoms with Gasteiger partial charge in [-0.2, -0.15) is 4.98 Å². The number of amidine groups is 1. The highest BCUT2D eigenvalue weighted by molar-refractivity contribution is 5.95. The van der Waals surface area contributed by atoms with E-state index < -0.39 is 0 Å². The lowest BCUT2D eigenvalue weighted by atomic mass is 10.3. The fourth-order valence-corrected chi connectivity index (χ4v) is 1.33. The molecule has 100 valence electrons. The van der Waals surface area contributed by atoms with Crippen molar-refractivity contribution < 1.29 is 9.94 Å². The summed E-state index contributed by atoms with van der Waals surface area (Å²) in [5.41, 5.74) is 6.53. The Balaban J connectivity index is 2.63. The van der Waals surface area contributed by atoms with Crippen molar-refractivity contribution >= 4 is 5.84 Å². The van der Waals surface area contributed by atoms with Crippen LogP contribution in [-0.4, -0.2) is 53.2 Å². The molecule has 0 aromatic carbocycles. The zero-order chi connectivity index (χ0) is 13.5. The van der Waals surface area contributed by atoms with Crippen LogP contribution in [0.2, 0.25) is 0 Å². The number of nitrogens with zero attached hydrogens (tertiary/aromatic N) is 4. The maximum atomic E-state index is 8.60. The van der Waals surface area contributed by atoms with Gasteiger partial charge in [-0.3, -0.25) is 0 Å². The van der Waals surface area contributed by atoms with Crippen LogP contribution in [0.1, 0.15) is 17.8 Å². The molecular weight excluding hydrogens is 234 g/mol. The van der Waals surface area contributed by atoms with E-state index >= 15 is 0 Å². The lowest BCUT2D eigenvalue weighted by Gasteiger charge is -2.10. The van der Waals surface area contributed by atoms with Gasteiger partial charge in [-0.15, -0.1) is 0 Å². The Hall–Kier alpha value is -1.89. The molecule has 1 rings (SSSR count). The Labute approximate surface area is 106 Å². The van der Waals surface area contributed by atoms with Gasteiger partial charge in [0.05, 0.1) is 6.61 Å². The molecule has 0 spiro atoms. The first-order valence-corrected chi connectivity index (χ1v) is 5.64. The lowest BCUT2D eigenvalue weighted by molar-refractivity contribution is 0.263. The summed E-state index contributed by atoms with van der Waals surface area (Å²) in [6.45, 7) is 3.25. The zero-order valence-corrected chi connectivity index (χ0v) is 10.9. The SMILES string of the molecule is Cc1cc(/C(N)=N/O)nc(OCCCN(C)C)n1. The van der Waals surface area contributed by atoms with Crippen LogP contribution in [0.25, 0.3) is 0 Å². The highest BCUT2D eigenvalue weighted by Gasteiger charge is 2.07. The topological polar surface area (TPSA) is 96.9 Å². The van der Waals surface area contributed by atoms with Gasteiger partial charge in [0.15, 0.2) is 5.84 Å². The third-order valence-corrected chi connectivity index (χ3v) is 2.18. The van der Waals surface area contributed by atoms with E-state index in [1.165, 1.54) is 0 Å². The van der Waals surface area contributed by atoms with Gasteiger partial charge in [-0.25, -0.2) is 4.98 Å². The Morgan fingerprint density at radius 1 is 1.50 bits per heavy atom. The standard InChI is InChI=1S/C11H19N5O2/c1-8-7-9(10(12)15-17)14-11(13-8)18-6-4-5-16(2)3/h7,17H,4-6H2,1-3H3,(H2,12,15). The van der Waals surface area contributed by atoms with Crippen molar-refractivity contribution in [3.8, 4) is 6.01 Å². The number of aromatic nitrogens is 2. The summed E-state index contributed by atoms with van der Waals surface area (Å²) < 4.78 is 5.43. The van der Waals surface area contributed by atoms with Crippen molar-refractivity contribution in [3.05, 3.63) is 17.5 Å². The van der Waals surface area contributed by atoms with E-state index in [1.807, 2.05) is 14.1 Å². The molecule has 7 nitrogen and oxygen atoms in total. The molecule has 1 heterocycles. The van der Waals surface area contributed by atoms with E-state index in [2.05, 4.69) is 20.0 Å². The third-order valence-electron chi connectivity index (χ3n) is 2.18. The van der Waals surface area contributed by atoms with Crippen LogP contribution in [0.3, 0.4) is 0 Å². The van der Waals surface area contributed by atoms with E-state index in [9.17, 15) is 0 Å². The molecular formula is C11H19N5O2. The van der Waals surface area contributed by atoms with Gasteiger partial charge in [0.1, 0.15) is 5.69 Å². The number of ether oxygens (including phenoxy) is 1. The van der Waals surface area contributed by atoms with E-state index in [4.69, 9.17) is 15.7 Å². The average Bonchev–Trinajstić information content (AvgIpc) is 2.32. The molecule has 18 heavy (non-hydrogen) atoms. The lowest BCUT2D eigenvalue weighted by Crippen LogP contribution is -2.18. The van der Waals surface area contributed by atoms with Crippen LogP contribution in [0.4, 0.5) is 0 Å². The summed E-state index contributed by atoms with van der Waals surface area (Å²) in [6.07, 6.45) is 0.878. The minimum Gasteiger partial charge on any atom is -0.463 e. The first kappa shape index (κ1) is 14.2. The largest absolute Gasteiger partial charge is 0.463 e. The minimum absolute atomic E-state index is 0.0568. The summed E-state index contributed by atoms with van der Waals surface area (Å²) in [4.78, 5) is 10.3. The maximum Gasteiger partial charge on any atom is 0.317 e. The number of oxime groups is 1. The molecule has 0 radical (unpaired) electrons. The van der Waals surface area contributed by atoms with Crippen LogP contribution in [0, 0.1) is 6.92 Å². The van der Waals surface area contributed by atoms with Gasteiger partial charge in [-0.1, -0.05) is 5.16 Å². The molecule has 0 aliphatic carbocycles. The molecule has 3 N–H and O–H groups in total. The molecule has 0 amide bonds. The van der Waals surface area contributed by atoms with Crippen molar-refractivity contribution in [2.45, 2.75) is 13.3 Å². The Morgan fingerprint density at radius 2 is 2.22 bits per heavy atom. The predicted molar refractivity (Wildman–Crippen MR) is 67.9 cm³/mol. The summed E-state index contributed by atoms with van der Waals surface area (Å²) in [6, 6.07) is 1.87. The first-order valence-electron chi connectivity index (χ1n) is 5.64. The molecule has 1 aromatic heterocycles. The van der Waals surface area contributed by atoms with Gasteiger partial charge < -0.3 is 20.6 Å². The van der Waals surface area contributed by atoms with Crippen LogP contribution < -0.4 is 10.5 Å². The zero-order valence-electron chi connectivity index (χ0n) is 10.9. The molecule has 0 atom stereocenters. The van der Waals surface area contributed by atoms with Crippen LogP contribution in [0.15, 0.2) is 11.2 Å². The second kappa shape index (κ2) is 6.75. The van der Waals surface area contributed by atoms with Crippen molar-refractivity contribution in [1.29, 1.82) is 0 Å². The number of aryl methyl sites for hydroxylation is 1. The highest BCUT2D eigenvalue weighted by Crippen LogP contribution is 2.07. The van der Waals surface area contributed by atoms with E-state index in [1.54, 1.807) is 13.0 Å². The summed E-state index contributed by atoms with van der Waals surface area (Å²) in [7, 11) is 4.00. The van der Waals surface area contributed by atoms with Crippen molar-refractivity contribution in [1.82, 2.24) is 14.9 Å². The fraction of sp³-hybridized carbons (Fsp3) is 0.545. The first-order chi connectivity index (χ1) is 8.52.